The van der Waals surface area contributed by atoms with Crippen molar-refractivity contribution in [1.82, 2.24) is 5.32 Å². The number of carbonyl (C=O) groups is 1. The molecule has 9 heteroatoms. The maximum atomic E-state index is 12.7. The number of fused-ring (bicyclic) bond motifs is 1. The number of hydrogen-bond donors (Lipinski definition) is 1. The molecule has 0 saturated carbocycles. The number of rotatable bonds is 10. The van der Waals surface area contributed by atoms with Crippen molar-refractivity contribution in [1.29, 1.82) is 0 Å². The van der Waals surface area contributed by atoms with Crippen molar-refractivity contribution in [3.63, 3.8) is 0 Å². The molecule has 1 atom stereocenters. The molecule has 0 fully saturated rings. The van der Waals surface area contributed by atoms with E-state index in [-0.39, 0.29) is 13.2 Å². The van der Waals surface area contributed by atoms with Crippen LogP contribution >= 0.6 is 0 Å². The smallest absolute Gasteiger partial charge is 0.243 e. The minimum absolute atomic E-state index is 0.222. The van der Waals surface area contributed by atoms with E-state index in [0.717, 1.165) is 21.3 Å². The van der Waals surface area contributed by atoms with Crippen molar-refractivity contribution in [3.8, 4) is 17.2 Å². The Morgan fingerprint density at radius 2 is 1.67 bits per heavy atom. The lowest BCUT2D eigenvalue weighted by molar-refractivity contribution is -0.121. The molecule has 0 radical (unpaired) electrons. The van der Waals surface area contributed by atoms with Crippen LogP contribution in [0.15, 0.2) is 60.7 Å². The van der Waals surface area contributed by atoms with Gasteiger partial charge in [0.05, 0.1) is 32.7 Å². The predicted octanol–water partition coefficient (Wildman–Crippen LogP) is 3.21. The second-order valence-corrected chi connectivity index (χ2v) is 9.28. The molecule has 0 saturated heterocycles. The predicted molar refractivity (Wildman–Crippen MR) is 129 cm³/mol. The largest absolute Gasteiger partial charge is 0.493 e. The Morgan fingerprint density at radius 1 is 0.970 bits per heavy atom. The summed E-state index contributed by atoms with van der Waals surface area (Å²) in [6.07, 6.45) is 1.05. The Balaban J connectivity index is 1.64. The van der Waals surface area contributed by atoms with Crippen LogP contribution in [0.1, 0.15) is 6.92 Å². The molecular weight excluding hydrogens is 444 g/mol. The topological polar surface area (TPSA) is 94.2 Å². The lowest BCUT2D eigenvalue weighted by Crippen LogP contribution is -2.48. The highest BCUT2D eigenvalue weighted by atomic mass is 32.2. The molecule has 0 aromatic heterocycles. The van der Waals surface area contributed by atoms with Crippen LogP contribution in [0.2, 0.25) is 0 Å². The monoisotopic (exact) mass is 472 g/mol. The zero-order chi connectivity index (χ0) is 24.0. The first kappa shape index (κ1) is 24.2. The van der Waals surface area contributed by atoms with Crippen molar-refractivity contribution in [2.45, 2.75) is 13.0 Å². The van der Waals surface area contributed by atoms with E-state index in [2.05, 4.69) is 5.32 Å². The fourth-order valence-electron chi connectivity index (χ4n) is 3.52. The third kappa shape index (κ3) is 5.87. The molecular formula is C24H28N2O6S. The molecule has 1 amide bonds. The summed E-state index contributed by atoms with van der Waals surface area (Å²) in [5.74, 6) is 1.06. The minimum Gasteiger partial charge on any atom is -0.493 e. The number of benzene rings is 3. The van der Waals surface area contributed by atoms with Crippen molar-refractivity contribution in [2.24, 2.45) is 0 Å². The molecule has 8 nitrogen and oxygen atoms in total. The van der Waals surface area contributed by atoms with Gasteiger partial charge in [-0.05, 0) is 42.0 Å². The number of nitrogens with zero attached hydrogens (tertiary/aromatic N) is 1. The van der Waals surface area contributed by atoms with Crippen LogP contribution in [0.5, 0.6) is 17.2 Å². The summed E-state index contributed by atoms with van der Waals surface area (Å²) in [5.41, 5.74) is 0.296. The molecule has 0 heterocycles. The van der Waals surface area contributed by atoms with Gasteiger partial charge in [-0.15, -0.1) is 0 Å². The van der Waals surface area contributed by atoms with E-state index in [1.165, 1.54) is 27.2 Å². The molecule has 1 N–H and O–H groups in total. The van der Waals surface area contributed by atoms with Crippen molar-refractivity contribution >= 4 is 32.4 Å². The van der Waals surface area contributed by atoms with Gasteiger partial charge in [0.1, 0.15) is 18.4 Å². The highest BCUT2D eigenvalue weighted by Gasteiger charge is 2.29. The van der Waals surface area contributed by atoms with Crippen LogP contribution in [-0.2, 0) is 14.8 Å². The summed E-state index contributed by atoms with van der Waals surface area (Å²) in [6, 6.07) is 17.4. The first-order valence-electron chi connectivity index (χ1n) is 10.4. The van der Waals surface area contributed by atoms with Gasteiger partial charge in [-0.1, -0.05) is 30.3 Å². The third-order valence-electron chi connectivity index (χ3n) is 5.10. The van der Waals surface area contributed by atoms with Gasteiger partial charge in [0, 0.05) is 6.07 Å². The molecule has 0 aliphatic rings. The van der Waals surface area contributed by atoms with Crippen LogP contribution in [0.25, 0.3) is 10.8 Å². The summed E-state index contributed by atoms with van der Waals surface area (Å²) in [4.78, 5) is 12.7. The first-order chi connectivity index (χ1) is 15.7. The average molecular weight is 473 g/mol. The fourth-order valence-corrected chi connectivity index (χ4v) is 4.69. The van der Waals surface area contributed by atoms with E-state index >= 15 is 0 Å². The summed E-state index contributed by atoms with van der Waals surface area (Å²) in [5, 5.41) is 4.91. The number of hydrogen-bond acceptors (Lipinski definition) is 6. The quantitative estimate of drug-likeness (QED) is 0.456. The van der Waals surface area contributed by atoms with Gasteiger partial charge >= 0.3 is 0 Å². The summed E-state index contributed by atoms with van der Waals surface area (Å²) in [6.45, 7) is 1.99. The molecule has 0 spiro atoms. The second kappa shape index (κ2) is 10.4. The van der Waals surface area contributed by atoms with Gasteiger partial charge in [-0.25, -0.2) is 8.42 Å². The molecule has 3 rings (SSSR count). The van der Waals surface area contributed by atoms with E-state index in [1.54, 1.807) is 12.1 Å². The SMILES string of the molecule is COc1ccc(N(C(C)C(=O)NCCOc2ccc3ccccc3c2)S(C)(=O)=O)cc1OC. The normalized spacial score (nSPS) is 12.1. The van der Waals surface area contributed by atoms with E-state index in [0.29, 0.717) is 22.9 Å². The molecule has 0 aliphatic carbocycles. The maximum Gasteiger partial charge on any atom is 0.243 e. The zero-order valence-corrected chi connectivity index (χ0v) is 19.9. The Bertz CT molecular complexity index is 1230. The highest BCUT2D eigenvalue weighted by Crippen LogP contribution is 2.33. The summed E-state index contributed by atoms with van der Waals surface area (Å²) < 4.78 is 42.3. The van der Waals surface area contributed by atoms with Gasteiger partial charge in [-0.2, -0.15) is 0 Å². The summed E-state index contributed by atoms with van der Waals surface area (Å²) in [7, 11) is -0.812. The van der Waals surface area contributed by atoms with Crippen LogP contribution in [0.4, 0.5) is 5.69 Å². The number of sulfonamides is 1. The van der Waals surface area contributed by atoms with Gasteiger partial charge in [0.15, 0.2) is 11.5 Å². The Kier molecular flexibility index (Phi) is 7.65. The Hall–Kier alpha value is -3.46. The number of methoxy groups -OCH3 is 2. The van der Waals surface area contributed by atoms with Crippen LogP contribution in [0, 0.1) is 0 Å². The first-order valence-corrected chi connectivity index (χ1v) is 12.2. The number of carbonyl (C=O) groups excluding carboxylic acids is 1. The number of amides is 1. The van der Waals surface area contributed by atoms with E-state index in [4.69, 9.17) is 14.2 Å². The maximum absolute atomic E-state index is 12.7. The fraction of sp³-hybridized carbons (Fsp3) is 0.292. The third-order valence-corrected chi connectivity index (χ3v) is 6.34. The average Bonchev–Trinajstić information content (AvgIpc) is 2.80. The van der Waals surface area contributed by atoms with Crippen molar-refractivity contribution in [3.05, 3.63) is 60.7 Å². The molecule has 3 aromatic rings. The van der Waals surface area contributed by atoms with Gasteiger partial charge in [0.25, 0.3) is 0 Å². The number of ether oxygens (including phenoxy) is 3. The molecule has 3 aromatic carbocycles. The van der Waals surface area contributed by atoms with E-state index < -0.39 is 22.0 Å². The lowest BCUT2D eigenvalue weighted by Gasteiger charge is -2.28. The molecule has 0 bridgehead atoms. The minimum atomic E-state index is -3.76. The molecule has 1 unspecified atom stereocenters. The second-order valence-electron chi connectivity index (χ2n) is 7.42. The Labute approximate surface area is 194 Å². The van der Waals surface area contributed by atoms with Gasteiger partial charge in [0.2, 0.25) is 15.9 Å². The zero-order valence-electron chi connectivity index (χ0n) is 19.1. The van der Waals surface area contributed by atoms with Crippen LogP contribution in [0.3, 0.4) is 0 Å². The van der Waals surface area contributed by atoms with Crippen LogP contribution < -0.4 is 23.8 Å². The van der Waals surface area contributed by atoms with Crippen molar-refractivity contribution < 1.29 is 27.4 Å². The van der Waals surface area contributed by atoms with Crippen molar-refractivity contribution in [2.75, 3.05) is 37.9 Å². The molecule has 33 heavy (non-hydrogen) atoms. The highest BCUT2D eigenvalue weighted by molar-refractivity contribution is 7.92. The van der Waals surface area contributed by atoms with E-state index in [1.807, 2.05) is 42.5 Å². The Morgan fingerprint density at radius 3 is 2.33 bits per heavy atom. The lowest BCUT2D eigenvalue weighted by atomic mass is 10.1. The number of anilines is 1. The van der Waals surface area contributed by atoms with Crippen LogP contribution in [-0.4, -0.2) is 54.0 Å². The molecule has 0 aliphatic heterocycles. The molecule has 176 valence electrons. The standard InChI is InChI=1S/C24H28N2O6S/c1-17(26(33(4,28)29)20-10-12-22(30-2)23(16-20)31-3)24(27)25-13-14-32-21-11-9-18-7-5-6-8-19(18)15-21/h5-12,15-17H,13-14H2,1-4H3,(H,25,27). The van der Waals surface area contributed by atoms with Gasteiger partial charge < -0.3 is 19.5 Å². The summed E-state index contributed by atoms with van der Waals surface area (Å²) >= 11 is 0. The van der Waals surface area contributed by atoms with Gasteiger partial charge in [-0.3, -0.25) is 9.10 Å². The van der Waals surface area contributed by atoms with E-state index in [9.17, 15) is 13.2 Å². The number of nitrogens with one attached hydrogen (secondary N) is 1.